The van der Waals surface area contributed by atoms with Crippen LogP contribution in [-0.2, 0) is 6.42 Å². The Balaban J connectivity index is 1.82. The maximum Gasteiger partial charge on any atom is 0.115 e. The van der Waals surface area contributed by atoms with Crippen LogP contribution in [0.5, 0.6) is 0 Å². The summed E-state index contributed by atoms with van der Waals surface area (Å²) in [5, 5.41) is 0. The van der Waals surface area contributed by atoms with E-state index in [9.17, 15) is 0 Å². The van der Waals surface area contributed by atoms with E-state index < -0.39 is 0 Å². The topological polar surface area (TPSA) is 41.6 Å². The number of aromatic nitrogens is 3. The van der Waals surface area contributed by atoms with Gasteiger partial charge in [0.15, 0.2) is 0 Å². The maximum atomic E-state index is 4.64. The molecular formula is C14H11N3. The van der Waals surface area contributed by atoms with Crippen molar-refractivity contribution in [1.82, 2.24) is 15.0 Å². The summed E-state index contributed by atoms with van der Waals surface area (Å²) in [6, 6.07) is 10.5. The van der Waals surface area contributed by atoms with Crippen molar-refractivity contribution in [2.45, 2.75) is 12.3 Å². The van der Waals surface area contributed by atoms with E-state index >= 15 is 0 Å². The molecule has 82 valence electrons. The predicted octanol–water partition coefficient (Wildman–Crippen LogP) is 2.65. The third-order valence-corrected chi connectivity index (χ3v) is 3.49. The molecule has 3 aromatic rings. The van der Waals surface area contributed by atoms with E-state index in [1.807, 2.05) is 12.3 Å². The fraction of sp³-hybridized carbons (Fsp3) is 0.143. The van der Waals surface area contributed by atoms with Crippen LogP contribution in [0.4, 0.5) is 0 Å². The summed E-state index contributed by atoms with van der Waals surface area (Å²) in [6.45, 7) is 0. The molecule has 0 fully saturated rings. The molecule has 1 aliphatic carbocycles. The summed E-state index contributed by atoms with van der Waals surface area (Å²) < 4.78 is 0. The van der Waals surface area contributed by atoms with Gasteiger partial charge in [-0.1, -0.05) is 24.3 Å². The smallest absolute Gasteiger partial charge is 0.115 e. The molecule has 3 heteroatoms. The molecule has 4 rings (SSSR count). The summed E-state index contributed by atoms with van der Waals surface area (Å²) in [5.41, 5.74) is 4.86. The standard InChI is InChI=1S/C14H11N3/c1-2-4-10-9(3-1)7-11(10)14-16-12-5-6-15-8-13(12)17-14/h1-6,8,11H,7H2,(H,16,17). The fourth-order valence-corrected chi connectivity index (χ4v) is 2.54. The van der Waals surface area contributed by atoms with E-state index in [-0.39, 0.29) is 0 Å². The number of hydrogen-bond acceptors (Lipinski definition) is 2. The third-order valence-electron chi connectivity index (χ3n) is 3.49. The summed E-state index contributed by atoms with van der Waals surface area (Å²) in [7, 11) is 0. The second kappa shape index (κ2) is 3.17. The van der Waals surface area contributed by atoms with Gasteiger partial charge in [0.2, 0.25) is 0 Å². The van der Waals surface area contributed by atoms with Gasteiger partial charge >= 0.3 is 0 Å². The Hall–Kier alpha value is -2.16. The molecule has 0 saturated carbocycles. The Morgan fingerprint density at radius 1 is 1.18 bits per heavy atom. The monoisotopic (exact) mass is 221 g/mol. The number of pyridine rings is 1. The van der Waals surface area contributed by atoms with Gasteiger partial charge in [-0.2, -0.15) is 0 Å². The number of benzene rings is 1. The quantitative estimate of drug-likeness (QED) is 0.686. The average Bonchev–Trinajstić information content (AvgIpc) is 2.73. The normalized spacial score (nSPS) is 17.8. The molecule has 1 aliphatic rings. The van der Waals surface area contributed by atoms with Crippen molar-refractivity contribution in [2.75, 3.05) is 0 Å². The molecule has 17 heavy (non-hydrogen) atoms. The van der Waals surface area contributed by atoms with Gasteiger partial charge in [-0.3, -0.25) is 4.98 Å². The lowest BCUT2D eigenvalue weighted by Crippen LogP contribution is -2.18. The summed E-state index contributed by atoms with van der Waals surface area (Å²) in [6.07, 6.45) is 4.70. The van der Waals surface area contributed by atoms with Crippen LogP contribution < -0.4 is 0 Å². The van der Waals surface area contributed by atoms with Gasteiger partial charge in [-0.25, -0.2) is 4.98 Å². The zero-order valence-electron chi connectivity index (χ0n) is 9.22. The van der Waals surface area contributed by atoms with Crippen LogP contribution in [-0.4, -0.2) is 15.0 Å². The Morgan fingerprint density at radius 2 is 2.12 bits per heavy atom. The molecule has 0 radical (unpaired) electrons. The van der Waals surface area contributed by atoms with Crippen LogP contribution in [0.25, 0.3) is 11.0 Å². The number of hydrogen-bond donors (Lipinski definition) is 1. The van der Waals surface area contributed by atoms with Gasteiger partial charge in [-0.15, -0.1) is 0 Å². The molecule has 2 heterocycles. The highest BCUT2D eigenvalue weighted by Crippen LogP contribution is 2.38. The lowest BCUT2D eigenvalue weighted by atomic mass is 9.77. The van der Waals surface area contributed by atoms with Crippen molar-refractivity contribution < 1.29 is 0 Å². The molecule has 0 bridgehead atoms. The predicted molar refractivity (Wildman–Crippen MR) is 65.9 cm³/mol. The van der Waals surface area contributed by atoms with E-state index in [2.05, 4.69) is 39.2 Å². The minimum Gasteiger partial charge on any atom is -0.340 e. The van der Waals surface area contributed by atoms with E-state index in [1.165, 1.54) is 11.1 Å². The van der Waals surface area contributed by atoms with E-state index in [0.717, 1.165) is 23.3 Å². The van der Waals surface area contributed by atoms with Crippen LogP contribution in [0.15, 0.2) is 42.7 Å². The Kier molecular flexibility index (Phi) is 1.66. The summed E-state index contributed by atoms with van der Waals surface area (Å²) in [5.74, 6) is 1.49. The highest BCUT2D eigenvalue weighted by atomic mass is 14.9. The lowest BCUT2D eigenvalue weighted by molar-refractivity contribution is 0.671. The van der Waals surface area contributed by atoms with E-state index in [1.54, 1.807) is 6.20 Å². The summed E-state index contributed by atoms with van der Waals surface area (Å²) >= 11 is 0. The van der Waals surface area contributed by atoms with Crippen molar-refractivity contribution in [3.8, 4) is 0 Å². The summed E-state index contributed by atoms with van der Waals surface area (Å²) in [4.78, 5) is 12.1. The average molecular weight is 221 g/mol. The highest BCUT2D eigenvalue weighted by Gasteiger charge is 2.29. The first kappa shape index (κ1) is 8.93. The molecule has 2 aromatic heterocycles. The van der Waals surface area contributed by atoms with E-state index in [0.29, 0.717) is 5.92 Å². The van der Waals surface area contributed by atoms with Crippen molar-refractivity contribution >= 4 is 11.0 Å². The largest absolute Gasteiger partial charge is 0.340 e. The van der Waals surface area contributed by atoms with Gasteiger partial charge < -0.3 is 4.98 Å². The number of nitrogens with one attached hydrogen (secondary N) is 1. The minimum atomic E-state index is 0.429. The molecule has 0 spiro atoms. The van der Waals surface area contributed by atoms with Gasteiger partial charge in [0.05, 0.1) is 17.2 Å². The van der Waals surface area contributed by atoms with E-state index in [4.69, 9.17) is 0 Å². The Bertz CT molecular complexity index is 666. The zero-order valence-corrected chi connectivity index (χ0v) is 9.22. The number of rotatable bonds is 1. The minimum absolute atomic E-state index is 0.429. The van der Waals surface area contributed by atoms with Crippen molar-refractivity contribution in [1.29, 1.82) is 0 Å². The maximum absolute atomic E-state index is 4.64. The second-order valence-corrected chi connectivity index (χ2v) is 4.47. The number of H-pyrrole nitrogens is 1. The molecule has 3 nitrogen and oxygen atoms in total. The number of aromatic amines is 1. The highest BCUT2D eigenvalue weighted by molar-refractivity contribution is 5.74. The van der Waals surface area contributed by atoms with Gasteiger partial charge in [0.25, 0.3) is 0 Å². The first-order valence-corrected chi connectivity index (χ1v) is 5.79. The Morgan fingerprint density at radius 3 is 3.00 bits per heavy atom. The first-order chi connectivity index (χ1) is 8.42. The fourth-order valence-electron chi connectivity index (χ4n) is 2.54. The zero-order chi connectivity index (χ0) is 11.2. The molecule has 1 atom stereocenters. The van der Waals surface area contributed by atoms with Crippen LogP contribution in [0.1, 0.15) is 22.9 Å². The van der Waals surface area contributed by atoms with Crippen LogP contribution >= 0.6 is 0 Å². The SMILES string of the molecule is c1ccc2c(c1)CC2c1nc2ccncc2[nH]1. The van der Waals surface area contributed by atoms with Gasteiger partial charge in [0.1, 0.15) is 5.82 Å². The van der Waals surface area contributed by atoms with Gasteiger partial charge in [0, 0.05) is 12.1 Å². The molecule has 0 amide bonds. The third kappa shape index (κ3) is 1.22. The van der Waals surface area contributed by atoms with Crippen molar-refractivity contribution in [3.63, 3.8) is 0 Å². The Labute approximate surface area is 98.5 Å². The molecular weight excluding hydrogens is 210 g/mol. The second-order valence-electron chi connectivity index (χ2n) is 4.47. The lowest BCUT2D eigenvalue weighted by Gasteiger charge is -2.28. The first-order valence-electron chi connectivity index (χ1n) is 5.79. The van der Waals surface area contributed by atoms with Crippen molar-refractivity contribution in [3.05, 3.63) is 59.7 Å². The number of fused-ring (bicyclic) bond motifs is 2. The number of imidazole rings is 1. The molecule has 0 saturated heterocycles. The molecule has 1 aromatic carbocycles. The van der Waals surface area contributed by atoms with Crippen LogP contribution in [0.3, 0.4) is 0 Å². The van der Waals surface area contributed by atoms with Gasteiger partial charge in [-0.05, 0) is 23.6 Å². The van der Waals surface area contributed by atoms with Crippen molar-refractivity contribution in [2.24, 2.45) is 0 Å². The van der Waals surface area contributed by atoms with Crippen LogP contribution in [0.2, 0.25) is 0 Å². The molecule has 1 N–H and O–H groups in total. The van der Waals surface area contributed by atoms with Crippen LogP contribution in [0, 0.1) is 0 Å². The molecule has 1 unspecified atom stereocenters. The number of nitrogens with zero attached hydrogens (tertiary/aromatic N) is 2. The molecule has 0 aliphatic heterocycles.